The van der Waals surface area contributed by atoms with Gasteiger partial charge < -0.3 is 8.98 Å². The number of hydrogen-bond donors (Lipinski definition) is 0. The van der Waals surface area contributed by atoms with Crippen LogP contribution in [0.5, 0.6) is 0 Å². The molecule has 0 N–H and O–H groups in total. The molecule has 11 rings (SSSR count). The zero-order chi connectivity index (χ0) is 50.9. The number of hydrogen-bond acceptors (Lipinski definition) is 4. The van der Waals surface area contributed by atoms with Gasteiger partial charge in [-0.05, 0) is 98.1 Å². The fourth-order valence-electron chi connectivity index (χ4n) is 9.91. The third kappa shape index (κ3) is 10.1. The molecule has 3 heterocycles. The molecule has 0 atom stereocenters. The Morgan fingerprint density at radius 2 is 1.22 bits per heavy atom. The molecule has 0 unspecified atom stereocenters. The van der Waals surface area contributed by atoms with Crippen molar-refractivity contribution in [3.8, 4) is 39.6 Å². The monoisotopic (exact) mass is 1170 g/mol. The van der Waals surface area contributed by atoms with Crippen molar-refractivity contribution in [3.05, 3.63) is 181 Å². The second-order valence-electron chi connectivity index (χ2n) is 23.2. The smallest absolute Gasteiger partial charge is 0.121 e. The molecule has 0 saturated carbocycles. The van der Waals surface area contributed by atoms with Crippen LogP contribution in [0.1, 0.15) is 77.1 Å². The van der Waals surface area contributed by atoms with Gasteiger partial charge in [-0.2, -0.15) is 0 Å². The maximum atomic E-state index is 6.91. The van der Waals surface area contributed by atoms with Gasteiger partial charge in [0, 0.05) is 48.5 Å². The summed E-state index contributed by atoms with van der Waals surface area (Å²) in [4.78, 5) is 14.3. The first kappa shape index (κ1) is 51.6. The van der Waals surface area contributed by atoms with E-state index in [1.807, 2.05) is 42.6 Å². The van der Waals surface area contributed by atoms with Crippen molar-refractivity contribution >= 4 is 81.0 Å². The number of rotatable bonds is 8. The molecule has 11 aromatic rings. The Hall–Kier alpha value is -6.29. The van der Waals surface area contributed by atoms with Crippen molar-refractivity contribution in [2.75, 3.05) is 0 Å². The van der Waals surface area contributed by atoms with E-state index in [0.717, 1.165) is 61.4 Å². The largest absolute Gasteiger partial charge is 0.501 e. The molecule has 3 aromatic heterocycles. The van der Waals surface area contributed by atoms with Crippen LogP contribution in [-0.2, 0) is 25.5 Å². The second-order valence-corrected chi connectivity index (χ2v) is 33.4. The molecule has 371 valence electrons. The minimum Gasteiger partial charge on any atom is -0.501 e. The van der Waals surface area contributed by atoms with Gasteiger partial charge in [-0.1, -0.05) is 176 Å². The number of fused-ring (bicyclic) bond motifs is 7. The van der Waals surface area contributed by atoms with Gasteiger partial charge in [0.15, 0.2) is 0 Å². The maximum Gasteiger partial charge on any atom is 0.121 e. The summed E-state index contributed by atoms with van der Waals surface area (Å²) in [5.74, 6) is 2.12. The topological polar surface area (TPSA) is 56.7 Å². The second kappa shape index (κ2) is 19.9. The van der Waals surface area contributed by atoms with E-state index in [1.165, 1.54) is 59.9 Å². The Morgan fingerprint density at radius 1 is 0.575 bits per heavy atom. The van der Waals surface area contributed by atoms with Gasteiger partial charge in [0.2, 0.25) is 0 Å². The average Bonchev–Trinajstić information content (AvgIpc) is 3.93. The molecule has 0 aliphatic carbocycles. The SMILES string of the molecule is CC(C)(C)c1ccnc(-c2[c-]cccc2)n1.CC(C)c1cc(-c2cc([Si](C)(C)C)cc([Si](C)(C)C)c2)cc(C(C)C)c1-n1c(-c2[c-]ccc3c2oc2cc4c(ccc5ccccc54)cc23)nc2ccccc21.[Ir]. The number of nitrogens with zero attached hydrogens (tertiary/aromatic N) is 4. The zero-order valence-corrected chi connectivity index (χ0v) is 49.0. The van der Waals surface area contributed by atoms with Crippen molar-refractivity contribution in [1.82, 2.24) is 19.5 Å². The molecule has 0 saturated heterocycles. The fourth-order valence-corrected chi connectivity index (χ4v) is 12.4. The van der Waals surface area contributed by atoms with Crippen LogP contribution in [0.3, 0.4) is 0 Å². The summed E-state index contributed by atoms with van der Waals surface area (Å²) in [6.45, 7) is 30.6. The van der Waals surface area contributed by atoms with Gasteiger partial charge in [0.25, 0.3) is 0 Å². The summed E-state index contributed by atoms with van der Waals surface area (Å²) in [7, 11) is -3.15. The molecular formula is C65H66IrN4OSi2-2. The van der Waals surface area contributed by atoms with E-state index < -0.39 is 16.1 Å². The van der Waals surface area contributed by atoms with E-state index in [9.17, 15) is 0 Å². The normalized spacial score (nSPS) is 12.3. The number of aromatic nitrogens is 4. The molecule has 0 aliphatic rings. The van der Waals surface area contributed by atoms with Crippen LogP contribution in [0.2, 0.25) is 39.3 Å². The molecule has 0 fully saturated rings. The average molecular weight is 1170 g/mol. The van der Waals surface area contributed by atoms with E-state index in [4.69, 9.17) is 9.40 Å². The molecule has 0 spiro atoms. The Balaban J connectivity index is 0.000000329. The van der Waals surface area contributed by atoms with E-state index in [1.54, 1.807) is 0 Å². The van der Waals surface area contributed by atoms with Crippen molar-refractivity contribution in [3.63, 3.8) is 0 Å². The van der Waals surface area contributed by atoms with Gasteiger partial charge >= 0.3 is 0 Å². The van der Waals surface area contributed by atoms with Crippen molar-refractivity contribution in [2.24, 2.45) is 0 Å². The maximum absolute atomic E-state index is 6.91. The summed E-state index contributed by atoms with van der Waals surface area (Å²) >= 11 is 0. The van der Waals surface area contributed by atoms with Crippen LogP contribution >= 0.6 is 0 Å². The van der Waals surface area contributed by atoms with Crippen molar-refractivity contribution in [1.29, 1.82) is 0 Å². The van der Waals surface area contributed by atoms with Gasteiger partial charge in [-0.3, -0.25) is 15.0 Å². The standard InChI is InChI=1S/C51H51N2OSi2.C14H15N2.Ir/c1-31(2)42-27-36(35-24-37(55(5,6)7)29-38(25-35)56(8,9)10)28-43(32(3)4)49(42)53-47-21-14-13-20-46(47)52-51(53)41-19-15-18-40-45-26-34-23-22-33-16-11-12-17-39(33)44(34)30-48(45)54-50(40)41;1-14(2,3)12-9-10-15-13(16-12)11-7-5-4-6-8-11;/h11-18,20-32H,1-10H3;4-7,9-10H,1-3H3;/q2*-1;. The first-order valence-corrected chi connectivity index (χ1v) is 32.6. The van der Waals surface area contributed by atoms with Crippen LogP contribution in [0.4, 0.5) is 0 Å². The predicted molar refractivity (Wildman–Crippen MR) is 312 cm³/mol. The first-order valence-electron chi connectivity index (χ1n) is 25.6. The van der Waals surface area contributed by atoms with Crippen LogP contribution in [0.25, 0.3) is 94.1 Å². The summed E-state index contributed by atoms with van der Waals surface area (Å²) in [5.41, 5.74) is 13.1. The van der Waals surface area contributed by atoms with Crippen LogP contribution in [0.15, 0.2) is 156 Å². The molecule has 1 radical (unpaired) electrons. The number of imidazole rings is 1. The molecule has 0 aliphatic heterocycles. The van der Waals surface area contributed by atoms with E-state index >= 15 is 0 Å². The van der Waals surface area contributed by atoms with E-state index in [0.29, 0.717) is 0 Å². The van der Waals surface area contributed by atoms with Gasteiger partial charge in [-0.15, -0.1) is 54.1 Å². The third-order valence-corrected chi connectivity index (χ3v) is 18.1. The summed E-state index contributed by atoms with van der Waals surface area (Å²) in [6, 6.07) is 59.3. The molecule has 73 heavy (non-hydrogen) atoms. The van der Waals surface area contributed by atoms with Crippen LogP contribution < -0.4 is 10.4 Å². The minimum absolute atomic E-state index is 0. The van der Waals surface area contributed by atoms with E-state index in [2.05, 4.69) is 224 Å². The number of para-hydroxylation sites is 2. The molecule has 5 nitrogen and oxygen atoms in total. The number of furan rings is 1. The van der Waals surface area contributed by atoms with Crippen LogP contribution in [-0.4, -0.2) is 35.7 Å². The van der Waals surface area contributed by atoms with Gasteiger partial charge in [0.05, 0.1) is 44.4 Å². The molecule has 0 amide bonds. The molecule has 0 bridgehead atoms. The molecular weight excluding hydrogens is 1100 g/mol. The number of benzene rings is 8. The molecule has 8 heteroatoms. The summed E-state index contributed by atoms with van der Waals surface area (Å²) in [5, 5.41) is 10.1. The quantitative estimate of drug-likeness (QED) is 0.0864. The third-order valence-electron chi connectivity index (χ3n) is 14.1. The van der Waals surface area contributed by atoms with E-state index in [-0.39, 0.29) is 37.4 Å². The molecule has 8 aromatic carbocycles. The Bertz CT molecular complexity index is 3770. The Kier molecular flexibility index (Phi) is 14.0. The van der Waals surface area contributed by atoms with Crippen molar-refractivity contribution in [2.45, 2.75) is 105 Å². The Morgan fingerprint density at radius 3 is 1.88 bits per heavy atom. The summed E-state index contributed by atoms with van der Waals surface area (Å²) < 4.78 is 9.33. The fraction of sp³-hybridized carbons (Fsp3) is 0.246. The first-order chi connectivity index (χ1) is 34.2. The zero-order valence-electron chi connectivity index (χ0n) is 44.6. The van der Waals surface area contributed by atoms with Crippen LogP contribution in [0, 0.1) is 12.1 Å². The van der Waals surface area contributed by atoms with Crippen molar-refractivity contribution < 1.29 is 24.5 Å². The predicted octanol–water partition coefficient (Wildman–Crippen LogP) is 16.9. The van der Waals surface area contributed by atoms with Gasteiger partial charge in [0.1, 0.15) is 5.58 Å². The Labute approximate surface area is 447 Å². The summed E-state index contributed by atoms with van der Waals surface area (Å²) in [6.07, 6.45) is 1.81. The van der Waals surface area contributed by atoms with Gasteiger partial charge in [-0.25, -0.2) is 0 Å². The minimum atomic E-state index is -1.57.